The number of carboxylic acid groups (broad SMARTS) is 1. The predicted octanol–water partition coefficient (Wildman–Crippen LogP) is 0.932. The molecule has 7 nitrogen and oxygen atoms in total. The van der Waals surface area contributed by atoms with Crippen LogP contribution in [0.1, 0.15) is 20.8 Å². The number of nitrogens with zero attached hydrogens (tertiary/aromatic N) is 1. The summed E-state index contributed by atoms with van der Waals surface area (Å²) < 4.78 is 0. The van der Waals surface area contributed by atoms with E-state index in [1.807, 2.05) is 0 Å². The molecule has 2 aromatic rings. The minimum atomic E-state index is -1.10. The lowest BCUT2D eigenvalue weighted by Gasteiger charge is -2.19. The number of carbonyl (C=O) groups excluding carboxylic acids is 1. The van der Waals surface area contributed by atoms with Crippen molar-refractivity contribution in [2.45, 2.75) is 0 Å². The van der Waals surface area contributed by atoms with Crippen LogP contribution in [0, 0.1) is 0 Å². The SMILES string of the molecule is CN(C(=O)c1cccc(=O)[nH]1)c1ccc(C(=O)O)cc1N. The maximum absolute atomic E-state index is 12.3. The Kier molecular flexibility index (Phi) is 3.75. The van der Waals surface area contributed by atoms with Crippen LogP contribution in [0.15, 0.2) is 41.2 Å². The lowest BCUT2D eigenvalue weighted by molar-refractivity contribution is 0.0697. The van der Waals surface area contributed by atoms with Gasteiger partial charge >= 0.3 is 5.97 Å². The number of aromatic amines is 1. The molecule has 4 N–H and O–H groups in total. The molecule has 1 amide bonds. The summed E-state index contributed by atoms with van der Waals surface area (Å²) in [5.74, 6) is -1.56. The van der Waals surface area contributed by atoms with Crippen LogP contribution in [-0.4, -0.2) is 29.0 Å². The maximum atomic E-state index is 12.3. The minimum Gasteiger partial charge on any atom is -0.478 e. The second kappa shape index (κ2) is 5.49. The van der Waals surface area contributed by atoms with Crippen LogP contribution >= 0.6 is 0 Å². The number of amides is 1. The first-order valence-electron chi connectivity index (χ1n) is 6.00. The van der Waals surface area contributed by atoms with E-state index < -0.39 is 11.9 Å². The van der Waals surface area contributed by atoms with Crippen LogP contribution < -0.4 is 16.2 Å². The number of nitrogens with one attached hydrogen (secondary N) is 1. The molecule has 0 aliphatic heterocycles. The third-order valence-electron chi connectivity index (χ3n) is 2.94. The fourth-order valence-electron chi connectivity index (χ4n) is 1.86. The van der Waals surface area contributed by atoms with Crippen LogP contribution in [-0.2, 0) is 0 Å². The molecule has 0 atom stereocenters. The molecule has 0 saturated heterocycles. The zero-order chi connectivity index (χ0) is 15.6. The van der Waals surface area contributed by atoms with Gasteiger partial charge in [0.25, 0.3) is 5.91 Å². The van der Waals surface area contributed by atoms with Gasteiger partial charge in [-0.15, -0.1) is 0 Å². The minimum absolute atomic E-state index is 0.0326. The number of hydrogen-bond acceptors (Lipinski definition) is 4. The van der Waals surface area contributed by atoms with Gasteiger partial charge in [0.2, 0.25) is 5.56 Å². The highest BCUT2D eigenvalue weighted by atomic mass is 16.4. The van der Waals surface area contributed by atoms with Crippen molar-refractivity contribution in [1.29, 1.82) is 0 Å². The molecule has 7 heteroatoms. The summed E-state index contributed by atoms with van der Waals surface area (Å²) in [6.45, 7) is 0. The smallest absolute Gasteiger partial charge is 0.335 e. The molecule has 0 aliphatic carbocycles. The number of hydrogen-bond donors (Lipinski definition) is 3. The van der Waals surface area contributed by atoms with E-state index in [0.717, 1.165) is 0 Å². The maximum Gasteiger partial charge on any atom is 0.335 e. The van der Waals surface area contributed by atoms with E-state index in [1.54, 1.807) is 0 Å². The van der Waals surface area contributed by atoms with Gasteiger partial charge in [0.15, 0.2) is 0 Å². The highest BCUT2D eigenvalue weighted by Gasteiger charge is 2.17. The number of nitrogens with two attached hydrogens (primary N) is 1. The van der Waals surface area contributed by atoms with E-state index >= 15 is 0 Å². The van der Waals surface area contributed by atoms with Crippen molar-refractivity contribution < 1.29 is 14.7 Å². The van der Waals surface area contributed by atoms with Crippen molar-refractivity contribution >= 4 is 23.3 Å². The first-order chi connectivity index (χ1) is 9.90. The molecule has 21 heavy (non-hydrogen) atoms. The average molecular weight is 287 g/mol. The number of anilines is 2. The van der Waals surface area contributed by atoms with Crippen LogP contribution in [0.3, 0.4) is 0 Å². The van der Waals surface area contributed by atoms with Crippen LogP contribution in [0.25, 0.3) is 0 Å². The molecule has 1 heterocycles. The molecule has 2 rings (SSSR count). The number of pyridine rings is 1. The second-order valence-corrected chi connectivity index (χ2v) is 4.37. The van der Waals surface area contributed by atoms with Crippen molar-refractivity contribution in [3.8, 4) is 0 Å². The van der Waals surface area contributed by atoms with Gasteiger partial charge in [-0.2, -0.15) is 0 Å². The molecule has 1 aromatic carbocycles. The summed E-state index contributed by atoms with van der Waals surface area (Å²) in [6, 6.07) is 8.31. The Morgan fingerprint density at radius 2 is 1.95 bits per heavy atom. The number of rotatable bonds is 3. The molecular formula is C14H13N3O4. The average Bonchev–Trinajstić information content (AvgIpc) is 2.45. The normalized spacial score (nSPS) is 10.1. The monoisotopic (exact) mass is 287 g/mol. The van der Waals surface area contributed by atoms with Gasteiger partial charge in [-0.25, -0.2) is 4.79 Å². The summed E-state index contributed by atoms with van der Waals surface area (Å²) >= 11 is 0. The highest BCUT2D eigenvalue weighted by Crippen LogP contribution is 2.24. The molecular weight excluding hydrogens is 274 g/mol. The van der Waals surface area contributed by atoms with E-state index in [-0.39, 0.29) is 22.5 Å². The molecule has 0 aliphatic rings. The fraction of sp³-hybridized carbons (Fsp3) is 0.0714. The Hall–Kier alpha value is -3.09. The van der Waals surface area contributed by atoms with E-state index in [0.29, 0.717) is 5.69 Å². The van der Waals surface area contributed by atoms with Gasteiger partial charge in [-0.1, -0.05) is 6.07 Å². The Morgan fingerprint density at radius 1 is 1.24 bits per heavy atom. The molecule has 0 fully saturated rings. The summed E-state index contributed by atoms with van der Waals surface area (Å²) in [7, 11) is 1.49. The van der Waals surface area contributed by atoms with Crippen LogP contribution in [0.4, 0.5) is 11.4 Å². The Morgan fingerprint density at radius 3 is 2.52 bits per heavy atom. The molecule has 108 valence electrons. The van der Waals surface area contributed by atoms with Gasteiger partial charge in [0.05, 0.1) is 16.9 Å². The predicted molar refractivity (Wildman–Crippen MR) is 77.6 cm³/mol. The molecule has 0 radical (unpaired) electrons. The summed E-state index contributed by atoms with van der Waals surface area (Å²) in [4.78, 5) is 38.0. The standard InChI is InChI=1S/C14H13N3O4/c1-17(13(19)10-3-2-4-12(18)16-10)11-6-5-8(14(20)21)7-9(11)15/h2-7H,15H2,1H3,(H,16,18)(H,20,21). The number of carboxylic acids is 1. The molecule has 1 aromatic heterocycles. The number of nitrogen functional groups attached to an aromatic ring is 1. The van der Waals surface area contributed by atoms with Gasteiger partial charge < -0.3 is 20.7 Å². The molecule has 0 saturated carbocycles. The first-order valence-corrected chi connectivity index (χ1v) is 6.00. The summed E-state index contributed by atoms with van der Waals surface area (Å²) in [5, 5.41) is 8.88. The Balaban J connectivity index is 2.36. The van der Waals surface area contributed by atoms with Gasteiger partial charge in [-0.3, -0.25) is 9.59 Å². The van der Waals surface area contributed by atoms with E-state index in [2.05, 4.69) is 4.98 Å². The van der Waals surface area contributed by atoms with Crippen LogP contribution in [0.5, 0.6) is 0 Å². The number of carbonyl (C=O) groups is 2. The number of H-pyrrole nitrogens is 1. The van der Waals surface area contributed by atoms with Gasteiger partial charge in [0, 0.05) is 13.1 Å². The van der Waals surface area contributed by atoms with Crippen molar-refractivity contribution in [3.05, 3.63) is 58.0 Å². The second-order valence-electron chi connectivity index (χ2n) is 4.37. The number of benzene rings is 1. The lowest BCUT2D eigenvalue weighted by atomic mass is 10.1. The Bertz CT molecular complexity index is 767. The molecule has 0 spiro atoms. The van der Waals surface area contributed by atoms with Gasteiger partial charge in [-0.05, 0) is 24.3 Å². The first kappa shape index (κ1) is 14.3. The summed E-state index contributed by atoms with van der Waals surface area (Å²) in [6.07, 6.45) is 0. The van der Waals surface area contributed by atoms with Crippen molar-refractivity contribution in [3.63, 3.8) is 0 Å². The van der Waals surface area contributed by atoms with Gasteiger partial charge in [0.1, 0.15) is 5.69 Å². The lowest BCUT2D eigenvalue weighted by Crippen LogP contribution is -2.29. The third kappa shape index (κ3) is 2.92. The van der Waals surface area contributed by atoms with Crippen LogP contribution in [0.2, 0.25) is 0 Å². The molecule has 0 unspecified atom stereocenters. The highest BCUT2D eigenvalue weighted by molar-refractivity contribution is 6.06. The van der Waals surface area contributed by atoms with E-state index in [4.69, 9.17) is 10.8 Å². The van der Waals surface area contributed by atoms with E-state index in [9.17, 15) is 14.4 Å². The quantitative estimate of drug-likeness (QED) is 0.726. The number of aromatic carboxylic acids is 1. The Labute approximate surface area is 119 Å². The van der Waals surface area contributed by atoms with Crippen molar-refractivity contribution in [2.75, 3.05) is 17.7 Å². The fourth-order valence-corrected chi connectivity index (χ4v) is 1.86. The third-order valence-corrected chi connectivity index (χ3v) is 2.94. The zero-order valence-electron chi connectivity index (χ0n) is 11.2. The number of aromatic nitrogens is 1. The van der Waals surface area contributed by atoms with Crippen molar-refractivity contribution in [1.82, 2.24) is 4.98 Å². The zero-order valence-corrected chi connectivity index (χ0v) is 11.2. The van der Waals surface area contributed by atoms with E-state index in [1.165, 1.54) is 48.3 Å². The van der Waals surface area contributed by atoms with Crippen molar-refractivity contribution in [2.24, 2.45) is 0 Å². The topological polar surface area (TPSA) is 116 Å². The summed E-state index contributed by atoms with van der Waals surface area (Å²) in [5.41, 5.74) is 6.05. The molecule has 0 bridgehead atoms. The largest absolute Gasteiger partial charge is 0.478 e.